The predicted octanol–water partition coefficient (Wildman–Crippen LogP) is 4.24. The van der Waals surface area contributed by atoms with Crippen molar-refractivity contribution in [2.75, 3.05) is 6.16 Å². The highest BCUT2D eigenvalue weighted by Crippen LogP contribution is 2.48. The number of carbonyl (C=O) groups is 3. The fourth-order valence-corrected chi connectivity index (χ4v) is 6.44. The minimum atomic E-state index is -4.24. The number of amides is 3. The number of benzene rings is 3. The maximum atomic E-state index is 14.0. The zero-order chi connectivity index (χ0) is 29.8. The SMILES string of the molecule is CC(C)[C@H](NC(=O)C(Cc1ccccc1)CP(=O)(O)[C@H](Cc1ccccc1)NC(=O)OCc1ccccc1)C(N)=O. The molecule has 0 saturated heterocycles. The van der Waals surface area contributed by atoms with Crippen LogP contribution in [0.15, 0.2) is 91.0 Å². The van der Waals surface area contributed by atoms with Gasteiger partial charge >= 0.3 is 6.09 Å². The summed E-state index contributed by atoms with van der Waals surface area (Å²) in [5.74, 6) is -3.73. The molecule has 9 nitrogen and oxygen atoms in total. The fourth-order valence-electron chi connectivity index (χ4n) is 4.45. The van der Waals surface area contributed by atoms with Crippen molar-refractivity contribution in [2.45, 2.75) is 45.1 Å². The van der Waals surface area contributed by atoms with Gasteiger partial charge in [-0.1, -0.05) is 105 Å². The number of nitrogens with two attached hydrogens (primary N) is 1. The van der Waals surface area contributed by atoms with E-state index in [1.54, 1.807) is 50.2 Å². The Kier molecular flexibility index (Phi) is 11.7. The van der Waals surface area contributed by atoms with Crippen molar-refractivity contribution in [2.24, 2.45) is 17.6 Å². The van der Waals surface area contributed by atoms with Crippen molar-refractivity contribution in [3.8, 4) is 0 Å². The van der Waals surface area contributed by atoms with Gasteiger partial charge in [0.25, 0.3) is 0 Å². The van der Waals surface area contributed by atoms with Gasteiger partial charge in [-0.05, 0) is 29.0 Å². The van der Waals surface area contributed by atoms with Gasteiger partial charge in [-0.25, -0.2) is 4.79 Å². The Morgan fingerprint density at radius 1 is 0.805 bits per heavy atom. The fraction of sp³-hybridized carbons (Fsp3) is 0.323. The van der Waals surface area contributed by atoms with E-state index in [-0.39, 0.29) is 25.4 Å². The van der Waals surface area contributed by atoms with Crippen LogP contribution in [0, 0.1) is 11.8 Å². The molecule has 0 fully saturated rings. The minimum Gasteiger partial charge on any atom is -0.445 e. The van der Waals surface area contributed by atoms with Gasteiger partial charge in [-0.3, -0.25) is 14.2 Å². The molecule has 2 unspecified atom stereocenters. The van der Waals surface area contributed by atoms with E-state index in [0.717, 1.165) is 16.7 Å². The molecular formula is C31H38N3O6P. The Hall–Kier alpha value is -3.94. The summed E-state index contributed by atoms with van der Waals surface area (Å²) in [5, 5.41) is 5.25. The van der Waals surface area contributed by atoms with Gasteiger partial charge in [0.05, 0.1) is 5.92 Å². The van der Waals surface area contributed by atoms with E-state index < -0.39 is 49.2 Å². The van der Waals surface area contributed by atoms with Crippen molar-refractivity contribution in [3.05, 3.63) is 108 Å². The number of hydrogen-bond acceptors (Lipinski definition) is 5. The lowest BCUT2D eigenvalue weighted by Gasteiger charge is -2.28. The first-order chi connectivity index (χ1) is 19.5. The van der Waals surface area contributed by atoms with Gasteiger partial charge in [-0.15, -0.1) is 0 Å². The number of alkyl carbamates (subject to hydrolysis) is 1. The lowest BCUT2D eigenvalue weighted by atomic mass is 9.98. The van der Waals surface area contributed by atoms with E-state index in [0.29, 0.717) is 0 Å². The smallest absolute Gasteiger partial charge is 0.408 e. The van der Waals surface area contributed by atoms with Crippen LogP contribution in [0.5, 0.6) is 0 Å². The molecule has 0 saturated carbocycles. The zero-order valence-electron chi connectivity index (χ0n) is 23.3. The van der Waals surface area contributed by atoms with Crippen LogP contribution in [0.3, 0.4) is 0 Å². The summed E-state index contributed by atoms with van der Waals surface area (Å²) in [4.78, 5) is 49.6. The Morgan fingerprint density at radius 2 is 1.29 bits per heavy atom. The highest BCUT2D eigenvalue weighted by molar-refractivity contribution is 7.58. The molecule has 0 aliphatic heterocycles. The summed E-state index contributed by atoms with van der Waals surface area (Å²) >= 11 is 0. The van der Waals surface area contributed by atoms with E-state index in [4.69, 9.17) is 10.5 Å². The van der Waals surface area contributed by atoms with Gasteiger partial charge in [-0.2, -0.15) is 0 Å². The van der Waals surface area contributed by atoms with Gasteiger partial charge < -0.3 is 26.0 Å². The van der Waals surface area contributed by atoms with Gasteiger partial charge in [0.1, 0.15) is 18.4 Å². The molecule has 41 heavy (non-hydrogen) atoms. The molecule has 5 N–H and O–H groups in total. The second kappa shape index (κ2) is 15.2. The molecule has 10 heteroatoms. The Morgan fingerprint density at radius 3 is 1.78 bits per heavy atom. The second-order valence-electron chi connectivity index (χ2n) is 10.4. The van der Waals surface area contributed by atoms with Crippen LogP contribution >= 0.6 is 7.37 Å². The third-order valence-corrected chi connectivity index (χ3v) is 8.95. The van der Waals surface area contributed by atoms with Crippen LogP contribution < -0.4 is 16.4 Å². The molecule has 4 atom stereocenters. The third kappa shape index (κ3) is 10.2. The third-order valence-electron chi connectivity index (χ3n) is 6.70. The van der Waals surface area contributed by atoms with Crippen LogP contribution in [0.4, 0.5) is 4.79 Å². The van der Waals surface area contributed by atoms with Crippen molar-refractivity contribution in [1.82, 2.24) is 10.6 Å². The lowest BCUT2D eigenvalue weighted by Crippen LogP contribution is -2.50. The summed E-state index contributed by atoms with van der Waals surface area (Å²) < 4.78 is 19.3. The summed E-state index contributed by atoms with van der Waals surface area (Å²) in [7, 11) is -4.24. The summed E-state index contributed by atoms with van der Waals surface area (Å²) in [6.45, 7) is 3.49. The molecule has 3 aromatic rings. The maximum absolute atomic E-state index is 14.0. The van der Waals surface area contributed by atoms with E-state index in [2.05, 4.69) is 10.6 Å². The van der Waals surface area contributed by atoms with Crippen molar-refractivity contribution >= 4 is 25.3 Å². The number of hydrogen-bond donors (Lipinski definition) is 4. The first-order valence-electron chi connectivity index (χ1n) is 13.5. The van der Waals surface area contributed by atoms with E-state index in [1.807, 2.05) is 54.6 Å². The second-order valence-corrected chi connectivity index (χ2v) is 12.9. The van der Waals surface area contributed by atoms with Crippen LogP contribution in [0.2, 0.25) is 0 Å². The average Bonchev–Trinajstić information content (AvgIpc) is 2.95. The molecule has 0 heterocycles. The van der Waals surface area contributed by atoms with E-state index in [1.165, 1.54) is 0 Å². The number of rotatable bonds is 14. The summed E-state index contributed by atoms with van der Waals surface area (Å²) in [5.41, 5.74) is 7.78. The molecule has 0 bridgehead atoms. The van der Waals surface area contributed by atoms with Gasteiger partial charge in [0, 0.05) is 12.6 Å². The first kappa shape index (κ1) is 31.6. The normalized spacial score (nSPS) is 14.7. The zero-order valence-corrected chi connectivity index (χ0v) is 24.2. The van der Waals surface area contributed by atoms with Crippen molar-refractivity contribution < 1.29 is 28.6 Å². The average molecular weight is 580 g/mol. The topological polar surface area (TPSA) is 148 Å². The number of ether oxygens (including phenoxy) is 1. The number of nitrogens with one attached hydrogen (secondary N) is 2. The highest BCUT2D eigenvalue weighted by atomic mass is 31.2. The molecule has 0 radical (unpaired) electrons. The Bertz CT molecular complexity index is 1320. The van der Waals surface area contributed by atoms with E-state index >= 15 is 0 Å². The standard InChI is InChI=1S/C31H38N3O6P/c1-22(2)28(29(32)35)34-30(36)26(18-23-12-6-3-7-13-23)21-41(38,39)27(19-24-14-8-4-9-15-24)33-31(37)40-20-25-16-10-5-11-17-25/h3-17,22,26-28H,18-21H2,1-2H3,(H2,32,35)(H,33,37)(H,34,36)(H,38,39)/t26?,27-,28+/m1/s1. The highest BCUT2D eigenvalue weighted by Gasteiger charge is 2.38. The molecule has 3 aromatic carbocycles. The van der Waals surface area contributed by atoms with Crippen LogP contribution in [-0.2, 0) is 38.3 Å². The molecular weight excluding hydrogens is 541 g/mol. The molecule has 0 aliphatic carbocycles. The molecule has 0 spiro atoms. The van der Waals surface area contributed by atoms with E-state index in [9.17, 15) is 23.8 Å². The largest absolute Gasteiger partial charge is 0.445 e. The monoisotopic (exact) mass is 579 g/mol. The van der Waals surface area contributed by atoms with Crippen LogP contribution in [-0.4, -0.2) is 40.8 Å². The van der Waals surface area contributed by atoms with Crippen molar-refractivity contribution in [3.63, 3.8) is 0 Å². The Labute approximate surface area is 240 Å². The van der Waals surface area contributed by atoms with Gasteiger partial charge in [0.15, 0.2) is 0 Å². The quantitative estimate of drug-likeness (QED) is 0.210. The molecule has 0 aliphatic rings. The first-order valence-corrected chi connectivity index (χ1v) is 15.4. The van der Waals surface area contributed by atoms with Crippen LogP contribution in [0.25, 0.3) is 0 Å². The van der Waals surface area contributed by atoms with Crippen LogP contribution in [0.1, 0.15) is 30.5 Å². The lowest BCUT2D eigenvalue weighted by molar-refractivity contribution is -0.130. The minimum absolute atomic E-state index is 0.0107. The van der Waals surface area contributed by atoms with Crippen molar-refractivity contribution in [1.29, 1.82) is 0 Å². The summed E-state index contributed by atoms with van der Waals surface area (Å²) in [6, 6.07) is 26.2. The number of carbonyl (C=O) groups excluding carboxylic acids is 3. The number of primary amides is 1. The predicted molar refractivity (Wildman–Crippen MR) is 158 cm³/mol. The molecule has 3 rings (SSSR count). The molecule has 218 valence electrons. The summed E-state index contributed by atoms with van der Waals surface area (Å²) in [6.07, 6.45) is -1.09. The Balaban J connectivity index is 1.85. The van der Waals surface area contributed by atoms with Gasteiger partial charge in [0.2, 0.25) is 19.2 Å². The maximum Gasteiger partial charge on any atom is 0.408 e. The molecule has 0 aromatic heterocycles. The molecule has 3 amide bonds.